The van der Waals surface area contributed by atoms with Gasteiger partial charge in [-0.1, -0.05) is 6.07 Å². The second-order valence-corrected chi connectivity index (χ2v) is 6.78. The lowest BCUT2D eigenvalue weighted by Gasteiger charge is -2.21. The number of carboxylic acids is 1. The number of carbonyl (C=O) groups is 1. The molecular formula is C17H20N4O3. The van der Waals surface area contributed by atoms with Crippen LogP contribution < -0.4 is 4.90 Å². The van der Waals surface area contributed by atoms with Gasteiger partial charge in [0.2, 0.25) is 0 Å². The third kappa shape index (κ3) is 2.75. The minimum atomic E-state index is -1.00. The van der Waals surface area contributed by atoms with Crippen LogP contribution in [0.3, 0.4) is 0 Å². The van der Waals surface area contributed by atoms with Crippen molar-refractivity contribution in [3.05, 3.63) is 41.3 Å². The van der Waals surface area contributed by atoms with Crippen molar-refractivity contribution in [3.8, 4) is 0 Å². The summed E-state index contributed by atoms with van der Waals surface area (Å²) in [7, 11) is 0. The number of aromatic nitrogens is 3. The zero-order valence-electron chi connectivity index (χ0n) is 13.5. The maximum Gasteiger partial charge on any atom is 0.338 e. The Labute approximate surface area is 139 Å². The van der Waals surface area contributed by atoms with E-state index in [9.17, 15) is 9.90 Å². The highest BCUT2D eigenvalue weighted by Crippen LogP contribution is 2.46. The Hall–Kier alpha value is -2.41. The van der Waals surface area contributed by atoms with Gasteiger partial charge < -0.3 is 15.1 Å². The fourth-order valence-corrected chi connectivity index (χ4v) is 3.48. The number of hydrogen-bond donors (Lipinski definition) is 2. The molecule has 2 aromatic heterocycles. The van der Waals surface area contributed by atoms with Gasteiger partial charge in [0, 0.05) is 19.3 Å². The molecule has 1 saturated carbocycles. The summed E-state index contributed by atoms with van der Waals surface area (Å²) in [6, 6.07) is 3.93. The second kappa shape index (κ2) is 5.59. The topological polar surface area (TPSA) is 91.5 Å². The lowest BCUT2D eigenvalue weighted by atomic mass is 10.1. The Bertz CT molecular complexity index is 776. The van der Waals surface area contributed by atoms with E-state index in [2.05, 4.69) is 15.0 Å². The van der Waals surface area contributed by atoms with E-state index in [0.717, 1.165) is 36.3 Å². The average Bonchev–Trinajstić information content (AvgIpc) is 2.97. The number of rotatable bonds is 5. The third-order valence-electron chi connectivity index (χ3n) is 4.91. The number of piperidine rings is 1. The van der Waals surface area contributed by atoms with Crippen LogP contribution in [0, 0.1) is 11.8 Å². The molecule has 0 spiro atoms. The summed E-state index contributed by atoms with van der Waals surface area (Å²) in [5.74, 6) is 1.55. The summed E-state index contributed by atoms with van der Waals surface area (Å²) in [5.41, 5.74) is 1.62. The molecule has 0 bridgehead atoms. The molecule has 2 N–H and O–H groups in total. The summed E-state index contributed by atoms with van der Waals surface area (Å²) < 4.78 is 1.55. The predicted molar refractivity (Wildman–Crippen MR) is 87.0 cm³/mol. The quantitative estimate of drug-likeness (QED) is 0.865. The van der Waals surface area contributed by atoms with Crippen LogP contribution in [0.25, 0.3) is 0 Å². The number of aromatic carboxylic acids is 1. The number of aliphatic hydroxyl groups excluding tert-OH is 1. The van der Waals surface area contributed by atoms with Gasteiger partial charge in [-0.3, -0.25) is 4.68 Å². The molecule has 0 aromatic carbocycles. The molecule has 2 aliphatic rings. The number of aliphatic hydroxyl groups is 1. The summed E-state index contributed by atoms with van der Waals surface area (Å²) in [6.45, 7) is 4.18. The Kier molecular flexibility index (Phi) is 3.53. The van der Waals surface area contributed by atoms with Crippen molar-refractivity contribution in [3.63, 3.8) is 0 Å². The number of pyridine rings is 1. The molecule has 3 atom stereocenters. The van der Waals surface area contributed by atoms with Crippen LogP contribution in [0.5, 0.6) is 0 Å². The summed E-state index contributed by atoms with van der Waals surface area (Å²) in [6.07, 6.45) is 3.45. The van der Waals surface area contributed by atoms with Gasteiger partial charge in [0.05, 0.1) is 30.1 Å². The van der Waals surface area contributed by atoms with Crippen molar-refractivity contribution in [2.75, 3.05) is 18.0 Å². The zero-order valence-corrected chi connectivity index (χ0v) is 13.5. The number of nitrogens with zero attached hydrogens (tertiary/aromatic N) is 4. The summed E-state index contributed by atoms with van der Waals surface area (Å²) in [5, 5.41) is 23.1. The van der Waals surface area contributed by atoms with Gasteiger partial charge in [-0.25, -0.2) is 9.78 Å². The molecule has 1 aliphatic heterocycles. The van der Waals surface area contributed by atoms with Crippen LogP contribution in [0.1, 0.15) is 41.1 Å². The molecule has 1 saturated heterocycles. The van der Waals surface area contributed by atoms with Gasteiger partial charge in [-0.05, 0) is 36.8 Å². The first kappa shape index (κ1) is 15.1. The van der Waals surface area contributed by atoms with Gasteiger partial charge in [0.25, 0.3) is 0 Å². The fourth-order valence-electron chi connectivity index (χ4n) is 3.48. The standard InChI is InChI=1S/C17H20N4O3/c1-10(22)16-11(8-21-9-14(5-18-21)17(23)24)2-3-15(19-16)20-6-12-4-13(12)7-20/h2-3,5,9-10,12-13,22H,4,6-8H2,1H3,(H,23,24). The van der Waals surface area contributed by atoms with Crippen LogP contribution >= 0.6 is 0 Å². The lowest BCUT2D eigenvalue weighted by molar-refractivity contribution is 0.0696. The van der Waals surface area contributed by atoms with Crippen LogP contribution in [0.15, 0.2) is 24.5 Å². The molecule has 0 radical (unpaired) electrons. The van der Waals surface area contributed by atoms with Crippen LogP contribution in [0.4, 0.5) is 5.82 Å². The van der Waals surface area contributed by atoms with Crippen molar-refractivity contribution >= 4 is 11.8 Å². The van der Waals surface area contributed by atoms with E-state index in [-0.39, 0.29) is 5.56 Å². The van der Waals surface area contributed by atoms with Crippen LogP contribution in [-0.2, 0) is 6.54 Å². The van der Waals surface area contributed by atoms with E-state index in [1.165, 1.54) is 18.8 Å². The predicted octanol–water partition coefficient (Wildman–Crippen LogP) is 1.53. The van der Waals surface area contributed by atoms with Crippen molar-refractivity contribution in [1.82, 2.24) is 14.8 Å². The van der Waals surface area contributed by atoms with E-state index in [0.29, 0.717) is 12.2 Å². The number of hydrogen-bond acceptors (Lipinski definition) is 5. The van der Waals surface area contributed by atoms with E-state index in [1.807, 2.05) is 12.1 Å². The molecule has 7 heteroatoms. The molecule has 3 unspecified atom stereocenters. The maximum absolute atomic E-state index is 11.0. The first-order chi connectivity index (χ1) is 11.5. The lowest BCUT2D eigenvalue weighted by Crippen LogP contribution is -2.23. The number of fused-ring (bicyclic) bond motifs is 1. The smallest absolute Gasteiger partial charge is 0.338 e. The Morgan fingerprint density at radius 3 is 2.75 bits per heavy atom. The van der Waals surface area contributed by atoms with E-state index in [4.69, 9.17) is 5.11 Å². The third-order valence-corrected chi connectivity index (χ3v) is 4.91. The molecule has 2 aromatic rings. The molecule has 3 heterocycles. The Balaban J connectivity index is 1.58. The van der Waals surface area contributed by atoms with E-state index >= 15 is 0 Å². The normalized spacial score (nSPS) is 23.2. The van der Waals surface area contributed by atoms with Crippen LogP contribution in [-0.4, -0.2) is 44.0 Å². The highest BCUT2D eigenvalue weighted by molar-refractivity contribution is 5.86. The highest BCUT2D eigenvalue weighted by atomic mass is 16.4. The minimum absolute atomic E-state index is 0.148. The molecular weight excluding hydrogens is 308 g/mol. The van der Waals surface area contributed by atoms with Crippen molar-refractivity contribution in [1.29, 1.82) is 0 Å². The fraction of sp³-hybridized carbons (Fsp3) is 0.471. The first-order valence-electron chi connectivity index (χ1n) is 8.20. The highest BCUT2D eigenvalue weighted by Gasteiger charge is 2.45. The van der Waals surface area contributed by atoms with E-state index in [1.54, 1.807) is 11.6 Å². The van der Waals surface area contributed by atoms with Crippen LogP contribution in [0.2, 0.25) is 0 Å². The van der Waals surface area contributed by atoms with Crippen molar-refractivity contribution in [2.24, 2.45) is 11.8 Å². The zero-order chi connectivity index (χ0) is 16.8. The number of anilines is 1. The summed E-state index contributed by atoms with van der Waals surface area (Å²) in [4.78, 5) is 17.9. The largest absolute Gasteiger partial charge is 0.478 e. The Morgan fingerprint density at radius 1 is 1.38 bits per heavy atom. The molecule has 24 heavy (non-hydrogen) atoms. The van der Waals surface area contributed by atoms with Crippen molar-refractivity contribution < 1.29 is 15.0 Å². The maximum atomic E-state index is 11.0. The minimum Gasteiger partial charge on any atom is -0.478 e. The molecule has 7 nitrogen and oxygen atoms in total. The average molecular weight is 328 g/mol. The number of carboxylic acid groups (broad SMARTS) is 1. The molecule has 2 fully saturated rings. The first-order valence-corrected chi connectivity index (χ1v) is 8.20. The van der Waals surface area contributed by atoms with Gasteiger partial charge in [0.1, 0.15) is 5.82 Å². The van der Waals surface area contributed by atoms with Gasteiger partial charge >= 0.3 is 5.97 Å². The van der Waals surface area contributed by atoms with Gasteiger partial charge in [-0.2, -0.15) is 5.10 Å². The molecule has 126 valence electrons. The summed E-state index contributed by atoms with van der Waals surface area (Å²) >= 11 is 0. The Morgan fingerprint density at radius 2 is 2.12 bits per heavy atom. The monoisotopic (exact) mass is 328 g/mol. The second-order valence-electron chi connectivity index (χ2n) is 6.78. The van der Waals surface area contributed by atoms with E-state index < -0.39 is 12.1 Å². The molecule has 0 amide bonds. The molecule has 4 rings (SSSR count). The SMILES string of the molecule is CC(O)c1nc(N2CC3CC3C2)ccc1Cn1cc(C(=O)O)cn1. The van der Waals surface area contributed by atoms with Crippen molar-refractivity contribution in [2.45, 2.75) is 26.0 Å². The molecule has 1 aliphatic carbocycles. The van der Waals surface area contributed by atoms with Gasteiger partial charge in [0.15, 0.2) is 0 Å². The van der Waals surface area contributed by atoms with Gasteiger partial charge in [-0.15, -0.1) is 0 Å².